The van der Waals surface area contributed by atoms with Gasteiger partial charge in [-0.05, 0) is 30.6 Å². The summed E-state index contributed by atoms with van der Waals surface area (Å²) in [5, 5.41) is 0. The van der Waals surface area contributed by atoms with Gasteiger partial charge in [-0.15, -0.1) is 0 Å². The highest BCUT2D eigenvalue weighted by atomic mass is 14.0. The Kier molecular flexibility index (Phi) is 5.87. The highest BCUT2D eigenvalue weighted by Gasteiger charge is 1.98. The summed E-state index contributed by atoms with van der Waals surface area (Å²) in [4.78, 5) is 0. The first-order chi connectivity index (χ1) is 7.34. The summed E-state index contributed by atoms with van der Waals surface area (Å²) in [6.45, 7) is 23.2. The van der Waals surface area contributed by atoms with Crippen LogP contribution in [0.3, 0.4) is 0 Å². The predicted octanol–water partition coefficient (Wildman–Crippen LogP) is 4.92. The maximum Gasteiger partial charge on any atom is -0.0195 e. The van der Waals surface area contributed by atoms with E-state index in [4.69, 9.17) is 0 Å². The van der Waals surface area contributed by atoms with E-state index in [9.17, 15) is 0 Å². The summed E-state index contributed by atoms with van der Waals surface area (Å²) in [5.41, 5.74) is 4.49. The van der Waals surface area contributed by atoms with Crippen molar-refractivity contribution in [2.75, 3.05) is 0 Å². The van der Waals surface area contributed by atoms with Gasteiger partial charge in [0.05, 0.1) is 0 Å². The SMILES string of the molecule is C=C(C)/C=C\C(=C)C(=C)C(=C)/C=C\C(=C)C. The predicted molar refractivity (Wildman–Crippen MR) is 75.3 cm³/mol. The maximum atomic E-state index is 3.95. The van der Waals surface area contributed by atoms with Crippen LogP contribution in [0.4, 0.5) is 0 Å². The molecule has 0 bridgehead atoms. The Labute approximate surface area is 99.4 Å². The fourth-order valence-corrected chi connectivity index (χ4v) is 0.893. The third-order valence-corrected chi connectivity index (χ3v) is 1.91. The van der Waals surface area contributed by atoms with Crippen molar-refractivity contribution in [3.8, 4) is 0 Å². The molecule has 0 radical (unpaired) electrons. The molecule has 0 aliphatic carbocycles. The second-order valence-corrected chi connectivity index (χ2v) is 3.89. The molecule has 0 aromatic carbocycles. The molecule has 0 saturated carbocycles. The molecule has 0 atom stereocenters. The Morgan fingerprint density at radius 2 is 0.938 bits per heavy atom. The Hall–Kier alpha value is -1.82. The highest BCUT2D eigenvalue weighted by molar-refractivity contribution is 5.53. The molecule has 0 heterocycles. The molecule has 0 amide bonds. The van der Waals surface area contributed by atoms with Gasteiger partial charge in [0.1, 0.15) is 0 Å². The highest BCUT2D eigenvalue weighted by Crippen LogP contribution is 2.17. The normalized spacial score (nSPS) is 10.6. The van der Waals surface area contributed by atoms with Crippen molar-refractivity contribution in [2.45, 2.75) is 13.8 Å². The molecule has 0 rings (SSSR count). The van der Waals surface area contributed by atoms with Crippen molar-refractivity contribution in [3.05, 3.63) is 85.1 Å². The van der Waals surface area contributed by atoms with E-state index in [2.05, 4.69) is 32.9 Å². The summed E-state index contributed by atoms with van der Waals surface area (Å²) in [6.07, 6.45) is 7.60. The molecule has 0 N–H and O–H groups in total. The molecule has 0 aliphatic heterocycles. The molecule has 0 heteroatoms. The monoisotopic (exact) mass is 212 g/mol. The van der Waals surface area contributed by atoms with Crippen molar-refractivity contribution in [3.63, 3.8) is 0 Å². The molecule has 0 aliphatic rings. The van der Waals surface area contributed by atoms with E-state index >= 15 is 0 Å². The van der Waals surface area contributed by atoms with Gasteiger partial charge in [-0.2, -0.15) is 0 Å². The van der Waals surface area contributed by atoms with Crippen LogP contribution in [-0.4, -0.2) is 0 Å². The number of hydrogen-bond donors (Lipinski definition) is 0. The van der Waals surface area contributed by atoms with Gasteiger partial charge in [-0.25, -0.2) is 0 Å². The second kappa shape index (κ2) is 6.62. The van der Waals surface area contributed by atoms with Crippen molar-refractivity contribution < 1.29 is 0 Å². The Morgan fingerprint density at radius 3 is 1.19 bits per heavy atom. The average Bonchev–Trinajstić information content (AvgIpc) is 2.21. The summed E-state index contributed by atoms with van der Waals surface area (Å²) in [5.74, 6) is 0. The van der Waals surface area contributed by atoms with Gasteiger partial charge in [-0.1, -0.05) is 68.3 Å². The standard InChI is InChI=1S/C16H20/c1-12(2)8-10-14(5)16(7)15(6)11-9-13(3)4/h8-11H,1,3,5-7H2,2,4H3/b10-8-,11-9-. The van der Waals surface area contributed by atoms with E-state index in [0.29, 0.717) is 0 Å². The zero-order valence-electron chi connectivity index (χ0n) is 10.3. The van der Waals surface area contributed by atoms with Gasteiger partial charge in [0.15, 0.2) is 0 Å². The molecule has 84 valence electrons. The van der Waals surface area contributed by atoms with Crippen LogP contribution in [0, 0.1) is 0 Å². The van der Waals surface area contributed by atoms with E-state index in [-0.39, 0.29) is 0 Å². The van der Waals surface area contributed by atoms with Crippen LogP contribution in [-0.2, 0) is 0 Å². The third-order valence-electron chi connectivity index (χ3n) is 1.91. The first-order valence-corrected chi connectivity index (χ1v) is 5.09. The van der Waals surface area contributed by atoms with Crippen LogP contribution in [0.25, 0.3) is 0 Å². The molecule has 0 spiro atoms. The number of allylic oxidation sites excluding steroid dienone is 9. The van der Waals surface area contributed by atoms with Crippen LogP contribution in [0.1, 0.15) is 13.8 Å². The molecular formula is C16H20. The van der Waals surface area contributed by atoms with Gasteiger partial charge >= 0.3 is 0 Å². The molecular weight excluding hydrogens is 192 g/mol. The van der Waals surface area contributed by atoms with E-state index in [1.165, 1.54) is 0 Å². The van der Waals surface area contributed by atoms with Crippen LogP contribution in [0.15, 0.2) is 85.1 Å². The van der Waals surface area contributed by atoms with Crippen molar-refractivity contribution >= 4 is 0 Å². The van der Waals surface area contributed by atoms with Gasteiger partial charge in [0.25, 0.3) is 0 Å². The lowest BCUT2D eigenvalue weighted by molar-refractivity contribution is 1.47. The van der Waals surface area contributed by atoms with Crippen LogP contribution in [0.2, 0.25) is 0 Å². The number of rotatable bonds is 6. The van der Waals surface area contributed by atoms with Crippen LogP contribution >= 0.6 is 0 Å². The smallest absolute Gasteiger partial charge is 0.0195 e. The first-order valence-electron chi connectivity index (χ1n) is 5.09. The van der Waals surface area contributed by atoms with Gasteiger partial charge < -0.3 is 0 Å². The van der Waals surface area contributed by atoms with E-state index in [1.54, 1.807) is 0 Å². The molecule has 0 saturated heterocycles. The van der Waals surface area contributed by atoms with Gasteiger partial charge in [0, 0.05) is 0 Å². The van der Waals surface area contributed by atoms with Gasteiger partial charge in [-0.3, -0.25) is 0 Å². The minimum Gasteiger partial charge on any atom is -0.0961 e. The van der Waals surface area contributed by atoms with Crippen molar-refractivity contribution in [1.29, 1.82) is 0 Å². The molecule has 0 unspecified atom stereocenters. The first kappa shape index (κ1) is 14.2. The molecule has 16 heavy (non-hydrogen) atoms. The minimum atomic E-state index is 0.829. The maximum absolute atomic E-state index is 3.95. The Bertz CT molecular complexity index is 360. The lowest BCUT2D eigenvalue weighted by Gasteiger charge is -2.05. The zero-order chi connectivity index (χ0) is 12.7. The fourth-order valence-electron chi connectivity index (χ4n) is 0.893. The lowest BCUT2D eigenvalue weighted by atomic mass is 10.0. The Balaban J connectivity index is 4.57. The lowest BCUT2D eigenvalue weighted by Crippen LogP contribution is -1.85. The fraction of sp³-hybridized carbons (Fsp3) is 0.125. The second-order valence-electron chi connectivity index (χ2n) is 3.89. The largest absolute Gasteiger partial charge is 0.0961 e. The minimum absolute atomic E-state index is 0.829. The van der Waals surface area contributed by atoms with E-state index < -0.39 is 0 Å². The molecule has 0 nitrogen and oxygen atoms in total. The van der Waals surface area contributed by atoms with Crippen molar-refractivity contribution in [1.82, 2.24) is 0 Å². The summed E-state index contributed by atoms with van der Waals surface area (Å²) in [7, 11) is 0. The zero-order valence-corrected chi connectivity index (χ0v) is 10.3. The van der Waals surface area contributed by atoms with Crippen molar-refractivity contribution in [2.24, 2.45) is 0 Å². The van der Waals surface area contributed by atoms with E-state index in [0.717, 1.165) is 27.9 Å². The number of hydrogen-bond acceptors (Lipinski definition) is 0. The van der Waals surface area contributed by atoms with Crippen LogP contribution < -0.4 is 0 Å². The van der Waals surface area contributed by atoms with Gasteiger partial charge in [0.2, 0.25) is 0 Å². The average molecular weight is 212 g/mol. The molecule has 0 aromatic rings. The summed E-state index contributed by atoms with van der Waals surface area (Å²) < 4.78 is 0. The quantitative estimate of drug-likeness (QED) is 0.548. The third kappa shape index (κ3) is 5.82. The van der Waals surface area contributed by atoms with E-state index in [1.807, 2.05) is 38.2 Å². The summed E-state index contributed by atoms with van der Waals surface area (Å²) >= 11 is 0. The van der Waals surface area contributed by atoms with Crippen LogP contribution in [0.5, 0.6) is 0 Å². The molecule has 0 aromatic heterocycles. The summed E-state index contributed by atoms with van der Waals surface area (Å²) in [6, 6.07) is 0. The topological polar surface area (TPSA) is 0 Å². The molecule has 0 fully saturated rings. The Morgan fingerprint density at radius 1 is 0.625 bits per heavy atom.